The third kappa shape index (κ3) is 4.40. The standard InChI is InChI=1S/C11H14F3N3O2/c1-16-4-2-8(6-9(16)18)10(19)17(5-3-15)7-11(12,13)14/h2,4,6H,3,5,7,15H2,1H3. The number of carbonyl (C=O) groups excluding carboxylic acids is 1. The summed E-state index contributed by atoms with van der Waals surface area (Å²) in [5, 5.41) is 0. The maximum atomic E-state index is 12.3. The van der Waals surface area contributed by atoms with Crippen LogP contribution in [0, 0.1) is 0 Å². The fourth-order valence-electron chi connectivity index (χ4n) is 1.49. The number of aryl methyl sites for hydroxylation is 1. The summed E-state index contributed by atoms with van der Waals surface area (Å²) in [6, 6.07) is 2.30. The zero-order chi connectivity index (χ0) is 14.6. The van der Waals surface area contributed by atoms with Crippen molar-refractivity contribution in [1.82, 2.24) is 9.47 Å². The van der Waals surface area contributed by atoms with Crippen LogP contribution < -0.4 is 11.3 Å². The van der Waals surface area contributed by atoms with Crippen molar-refractivity contribution in [3.8, 4) is 0 Å². The number of hydrogen-bond acceptors (Lipinski definition) is 3. The average molecular weight is 277 g/mol. The quantitative estimate of drug-likeness (QED) is 0.863. The highest BCUT2D eigenvalue weighted by Crippen LogP contribution is 2.17. The van der Waals surface area contributed by atoms with Crippen molar-refractivity contribution in [2.24, 2.45) is 12.8 Å². The van der Waals surface area contributed by atoms with Gasteiger partial charge in [-0.3, -0.25) is 9.59 Å². The van der Waals surface area contributed by atoms with Gasteiger partial charge in [-0.2, -0.15) is 13.2 Å². The lowest BCUT2D eigenvalue weighted by Crippen LogP contribution is -2.42. The van der Waals surface area contributed by atoms with Crippen LogP contribution in [0.2, 0.25) is 0 Å². The molecule has 106 valence electrons. The number of rotatable bonds is 4. The van der Waals surface area contributed by atoms with E-state index in [2.05, 4.69) is 0 Å². The topological polar surface area (TPSA) is 68.3 Å². The van der Waals surface area contributed by atoms with E-state index in [4.69, 9.17) is 5.73 Å². The summed E-state index contributed by atoms with van der Waals surface area (Å²) in [6.45, 7) is -1.71. The molecule has 1 aromatic rings. The molecular formula is C11H14F3N3O2. The van der Waals surface area contributed by atoms with Crippen molar-refractivity contribution < 1.29 is 18.0 Å². The normalized spacial score (nSPS) is 11.4. The van der Waals surface area contributed by atoms with Crippen LogP contribution >= 0.6 is 0 Å². The molecule has 0 fully saturated rings. The first kappa shape index (κ1) is 15.2. The Morgan fingerprint density at radius 3 is 2.58 bits per heavy atom. The molecule has 19 heavy (non-hydrogen) atoms. The average Bonchev–Trinajstić information content (AvgIpc) is 2.29. The second-order valence-electron chi connectivity index (χ2n) is 4.00. The summed E-state index contributed by atoms with van der Waals surface area (Å²) < 4.78 is 38.3. The maximum Gasteiger partial charge on any atom is 0.406 e. The molecule has 8 heteroatoms. The first-order chi connectivity index (χ1) is 8.74. The van der Waals surface area contributed by atoms with Crippen LogP contribution in [0.3, 0.4) is 0 Å². The highest BCUT2D eigenvalue weighted by Gasteiger charge is 2.33. The molecule has 0 spiro atoms. The van der Waals surface area contributed by atoms with E-state index in [9.17, 15) is 22.8 Å². The van der Waals surface area contributed by atoms with E-state index in [1.54, 1.807) is 0 Å². The first-order valence-electron chi connectivity index (χ1n) is 5.47. The van der Waals surface area contributed by atoms with Gasteiger partial charge in [0.05, 0.1) is 0 Å². The second-order valence-corrected chi connectivity index (χ2v) is 4.00. The third-order valence-corrected chi connectivity index (χ3v) is 2.41. The van der Waals surface area contributed by atoms with Gasteiger partial charge in [0.1, 0.15) is 6.54 Å². The summed E-state index contributed by atoms with van der Waals surface area (Å²) in [6.07, 6.45) is -3.19. The number of nitrogens with zero attached hydrogens (tertiary/aromatic N) is 2. The van der Waals surface area contributed by atoms with Gasteiger partial charge in [0.15, 0.2) is 0 Å². The number of hydrogen-bond donors (Lipinski definition) is 1. The summed E-state index contributed by atoms with van der Waals surface area (Å²) in [5.74, 6) is -0.861. The Morgan fingerprint density at radius 1 is 1.47 bits per heavy atom. The molecule has 0 aromatic carbocycles. The summed E-state index contributed by atoms with van der Waals surface area (Å²) in [7, 11) is 1.48. The Kier molecular flexibility index (Phi) is 4.71. The van der Waals surface area contributed by atoms with Gasteiger partial charge in [-0.15, -0.1) is 0 Å². The molecule has 0 radical (unpaired) electrons. The molecule has 1 rings (SSSR count). The van der Waals surface area contributed by atoms with Crippen LogP contribution in [-0.4, -0.2) is 41.2 Å². The van der Waals surface area contributed by atoms with E-state index < -0.39 is 24.2 Å². The number of carbonyl (C=O) groups is 1. The zero-order valence-corrected chi connectivity index (χ0v) is 10.3. The number of halogens is 3. The van der Waals surface area contributed by atoms with E-state index in [1.165, 1.54) is 23.9 Å². The van der Waals surface area contributed by atoms with E-state index in [0.717, 1.165) is 6.07 Å². The Morgan fingerprint density at radius 2 is 2.11 bits per heavy atom. The van der Waals surface area contributed by atoms with Crippen molar-refractivity contribution >= 4 is 5.91 Å². The van der Waals surface area contributed by atoms with Crippen LogP contribution in [0.25, 0.3) is 0 Å². The van der Waals surface area contributed by atoms with Gasteiger partial charge in [0.25, 0.3) is 11.5 Å². The summed E-state index contributed by atoms with van der Waals surface area (Å²) in [5.41, 5.74) is 4.64. The monoisotopic (exact) mass is 277 g/mol. The molecule has 0 saturated heterocycles. The van der Waals surface area contributed by atoms with E-state index >= 15 is 0 Å². The van der Waals surface area contributed by atoms with Crippen LogP contribution in [0.4, 0.5) is 13.2 Å². The van der Waals surface area contributed by atoms with Crippen LogP contribution in [0.15, 0.2) is 23.1 Å². The molecule has 0 unspecified atom stereocenters. The SMILES string of the molecule is Cn1ccc(C(=O)N(CCN)CC(F)(F)F)cc1=O. The van der Waals surface area contributed by atoms with Crippen LogP contribution in [0.1, 0.15) is 10.4 Å². The molecule has 0 aliphatic rings. The van der Waals surface area contributed by atoms with Crippen molar-refractivity contribution in [2.45, 2.75) is 6.18 Å². The van der Waals surface area contributed by atoms with Crippen molar-refractivity contribution in [1.29, 1.82) is 0 Å². The molecule has 0 atom stereocenters. The highest BCUT2D eigenvalue weighted by atomic mass is 19.4. The number of amides is 1. The van der Waals surface area contributed by atoms with Crippen LogP contribution in [0.5, 0.6) is 0 Å². The first-order valence-corrected chi connectivity index (χ1v) is 5.47. The van der Waals surface area contributed by atoms with Gasteiger partial charge in [-0.05, 0) is 6.07 Å². The zero-order valence-electron chi connectivity index (χ0n) is 10.3. The van der Waals surface area contributed by atoms with Gasteiger partial charge >= 0.3 is 6.18 Å². The van der Waals surface area contributed by atoms with Crippen molar-refractivity contribution in [3.05, 3.63) is 34.2 Å². The van der Waals surface area contributed by atoms with Gasteiger partial charge < -0.3 is 15.2 Å². The minimum Gasteiger partial charge on any atom is -0.329 e. The predicted octanol–water partition coefficient (Wildman–Crippen LogP) is 0.349. The number of nitrogens with two attached hydrogens (primary N) is 1. The minimum atomic E-state index is -4.51. The summed E-state index contributed by atoms with van der Waals surface area (Å²) >= 11 is 0. The Balaban J connectivity index is 2.98. The maximum absolute atomic E-state index is 12.3. The number of alkyl halides is 3. The second kappa shape index (κ2) is 5.87. The Bertz CT molecular complexity index is 511. The lowest BCUT2D eigenvalue weighted by molar-refractivity contribution is -0.140. The molecule has 0 aliphatic heterocycles. The molecular weight excluding hydrogens is 263 g/mol. The molecule has 1 heterocycles. The van der Waals surface area contributed by atoms with E-state index in [-0.39, 0.29) is 18.7 Å². The van der Waals surface area contributed by atoms with Gasteiger partial charge in [-0.1, -0.05) is 0 Å². The Hall–Kier alpha value is -1.83. The molecule has 2 N–H and O–H groups in total. The molecule has 1 amide bonds. The Labute approximate surface area is 107 Å². The van der Waals surface area contributed by atoms with Crippen molar-refractivity contribution in [2.75, 3.05) is 19.6 Å². The smallest absolute Gasteiger partial charge is 0.329 e. The van der Waals surface area contributed by atoms with E-state index in [0.29, 0.717) is 4.90 Å². The molecule has 1 aromatic heterocycles. The lowest BCUT2D eigenvalue weighted by atomic mass is 10.2. The highest BCUT2D eigenvalue weighted by molar-refractivity contribution is 5.94. The molecule has 0 saturated carbocycles. The van der Waals surface area contributed by atoms with Gasteiger partial charge in [0.2, 0.25) is 0 Å². The predicted molar refractivity (Wildman–Crippen MR) is 62.7 cm³/mol. The van der Waals surface area contributed by atoms with Crippen LogP contribution in [-0.2, 0) is 7.05 Å². The minimum absolute atomic E-state index is 0.0826. The van der Waals surface area contributed by atoms with Gasteiger partial charge in [-0.25, -0.2) is 0 Å². The fourth-order valence-corrected chi connectivity index (χ4v) is 1.49. The molecule has 0 aliphatic carbocycles. The number of pyridine rings is 1. The van der Waals surface area contributed by atoms with Crippen molar-refractivity contribution in [3.63, 3.8) is 0 Å². The van der Waals surface area contributed by atoms with Gasteiger partial charge in [0, 0.05) is 38.0 Å². The third-order valence-electron chi connectivity index (χ3n) is 2.41. The van der Waals surface area contributed by atoms with E-state index in [1.807, 2.05) is 0 Å². The summed E-state index contributed by atoms with van der Waals surface area (Å²) in [4.78, 5) is 23.8. The largest absolute Gasteiger partial charge is 0.406 e. The molecule has 0 bridgehead atoms. The fraction of sp³-hybridized carbons (Fsp3) is 0.455. The lowest BCUT2D eigenvalue weighted by Gasteiger charge is -2.23. The number of aromatic nitrogens is 1. The molecule has 5 nitrogen and oxygen atoms in total.